The maximum Gasteiger partial charge on any atom is 0.124 e. The van der Waals surface area contributed by atoms with Crippen molar-refractivity contribution in [3.63, 3.8) is 0 Å². The Labute approximate surface area is 118 Å². The van der Waals surface area contributed by atoms with E-state index in [4.69, 9.17) is 14.2 Å². The summed E-state index contributed by atoms with van der Waals surface area (Å²) >= 11 is 3.44. The van der Waals surface area contributed by atoms with Gasteiger partial charge in [0.05, 0.1) is 32.5 Å². The number of methoxy groups -OCH3 is 1. The van der Waals surface area contributed by atoms with E-state index in [2.05, 4.69) is 15.9 Å². The Morgan fingerprint density at radius 3 is 2.50 bits per heavy atom. The van der Waals surface area contributed by atoms with Gasteiger partial charge >= 0.3 is 0 Å². The monoisotopic (exact) mass is 316 g/mol. The molecule has 0 saturated carbocycles. The van der Waals surface area contributed by atoms with Crippen LogP contribution < -0.4 is 4.74 Å². The number of rotatable bonds is 6. The molecule has 1 aromatic rings. The average Bonchev–Trinajstić information content (AvgIpc) is 2.27. The van der Waals surface area contributed by atoms with Crippen molar-refractivity contribution < 1.29 is 14.2 Å². The lowest BCUT2D eigenvalue weighted by Crippen LogP contribution is -2.21. The van der Waals surface area contributed by atoms with Crippen molar-refractivity contribution in [2.45, 2.75) is 33.0 Å². The lowest BCUT2D eigenvalue weighted by Gasteiger charge is -2.19. The van der Waals surface area contributed by atoms with Gasteiger partial charge in [-0.15, -0.1) is 0 Å². The summed E-state index contributed by atoms with van der Waals surface area (Å²) in [6.45, 7) is 7.79. The number of halogens is 1. The van der Waals surface area contributed by atoms with E-state index in [0.717, 1.165) is 15.8 Å². The summed E-state index contributed by atoms with van der Waals surface area (Å²) in [7, 11) is 1.66. The third-order valence-corrected chi connectivity index (χ3v) is 2.76. The van der Waals surface area contributed by atoms with Gasteiger partial charge in [-0.25, -0.2) is 0 Å². The van der Waals surface area contributed by atoms with Crippen molar-refractivity contribution >= 4 is 15.9 Å². The van der Waals surface area contributed by atoms with Crippen molar-refractivity contribution in [2.75, 3.05) is 20.3 Å². The molecule has 0 atom stereocenters. The molecule has 0 N–H and O–H groups in total. The maximum atomic E-state index is 5.59. The van der Waals surface area contributed by atoms with Crippen LogP contribution in [0.2, 0.25) is 0 Å². The largest absolute Gasteiger partial charge is 0.496 e. The Hall–Kier alpha value is -0.580. The Balaban J connectivity index is 2.37. The highest BCUT2D eigenvalue weighted by atomic mass is 79.9. The first-order chi connectivity index (χ1) is 8.42. The highest BCUT2D eigenvalue weighted by molar-refractivity contribution is 9.10. The first-order valence-electron chi connectivity index (χ1n) is 5.96. The van der Waals surface area contributed by atoms with E-state index in [0.29, 0.717) is 19.8 Å². The van der Waals surface area contributed by atoms with Crippen LogP contribution in [0, 0.1) is 0 Å². The molecule has 0 aliphatic heterocycles. The molecule has 4 heteroatoms. The highest BCUT2D eigenvalue weighted by Crippen LogP contribution is 2.23. The van der Waals surface area contributed by atoms with Crippen LogP contribution in [0.3, 0.4) is 0 Å². The predicted octanol–water partition coefficient (Wildman–Crippen LogP) is 3.79. The fourth-order valence-corrected chi connectivity index (χ4v) is 1.86. The molecule has 0 radical (unpaired) electrons. The van der Waals surface area contributed by atoms with Crippen molar-refractivity contribution in [3.8, 4) is 5.75 Å². The zero-order valence-corrected chi connectivity index (χ0v) is 13.0. The zero-order valence-electron chi connectivity index (χ0n) is 11.5. The van der Waals surface area contributed by atoms with E-state index in [1.165, 1.54) is 0 Å². The van der Waals surface area contributed by atoms with Gasteiger partial charge in [0.15, 0.2) is 0 Å². The predicted molar refractivity (Wildman–Crippen MR) is 76.1 cm³/mol. The minimum atomic E-state index is -0.114. The molecular weight excluding hydrogens is 296 g/mol. The van der Waals surface area contributed by atoms with Crippen molar-refractivity contribution in [1.82, 2.24) is 0 Å². The van der Waals surface area contributed by atoms with Crippen LogP contribution in [-0.2, 0) is 16.1 Å². The van der Waals surface area contributed by atoms with Crippen LogP contribution in [0.4, 0.5) is 0 Å². The van der Waals surface area contributed by atoms with Gasteiger partial charge in [0.25, 0.3) is 0 Å². The van der Waals surface area contributed by atoms with Gasteiger partial charge < -0.3 is 14.2 Å². The third-order valence-electron chi connectivity index (χ3n) is 2.26. The minimum Gasteiger partial charge on any atom is -0.496 e. The lowest BCUT2D eigenvalue weighted by atomic mass is 10.2. The fraction of sp³-hybridized carbons (Fsp3) is 0.571. The molecule has 0 heterocycles. The lowest BCUT2D eigenvalue weighted by molar-refractivity contribution is -0.0378. The molecule has 0 aliphatic carbocycles. The fourth-order valence-electron chi connectivity index (χ4n) is 1.45. The molecule has 0 aliphatic rings. The Morgan fingerprint density at radius 1 is 1.17 bits per heavy atom. The molecule has 1 rings (SSSR count). The van der Waals surface area contributed by atoms with Crippen LogP contribution in [-0.4, -0.2) is 25.9 Å². The molecule has 0 unspecified atom stereocenters. The van der Waals surface area contributed by atoms with Gasteiger partial charge in [-0.05, 0) is 39.0 Å². The van der Waals surface area contributed by atoms with Crippen LogP contribution >= 0.6 is 15.9 Å². The summed E-state index contributed by atoms with van der Waals surface area (Å²) in [6, 6.07) is 5.88. The number of benzene rings is 1. The topological polar surface area (TPSA) is 27.7 Å². The third kappa shape index (κ3) is 5.85. The second-order valence-electron chi connectivity index (χ2n) is 4.97. The second kappa shape index (κ2) is 7.12. The smallest absolute Gasteiger partial charge is 0.124 e. The molecule has 0 saturated heterocycles. The molecule has 3 nitrogen and oxygen atoms in total. The van der Waals surface area contributed by atoms with Gasteiger partial charge in [0, 0.05) is 10.0 Å². The highest BCUT2D eigenvalue weighted by Gasteiger charge is 2.09. The van der Waals surface area contributed by atoms with E-state index in [1.54, 1.807) is 7.11 Å². The van der Waals surface area contributed by atoms with Gasteiger partial charge in [0.2, 0.25) is 0 Å². The van der Waals surface area contributed by atoms with Crippen LogP contribution in [0.1, 0.15) is 26.3 Å². The van der Waals surface area contributed by atoms with E-state index in [1.807, 2.05) is 39.0 Å². The molecule has 0 aromatic heterocycles. The van der Waals surface area contributed by atoms with Crippen LogP contribution in [0.5, 0.6) is 5.75 Å². The summed E-state index contributed by atoms with van der Waals surface area (Å²) < 4.78 is 17.5. The molecule has 0 fully saturated rings. The van der Waals surface area contributed by atoms with Gasteiger partial charge in [-0.2, -0.15) is 0 Å². The van der Waals surface area contributed by atoms with Gasteiger partial charge in [0.1, 0.15) is 5.75 Å². The number of ether oxygens (including phenoxy) is 3. The summed E-state index contributed by atoms with van der Waals surface area (Å²) in [6.07, 6.45) is 0. The standard InChI is InChI=1S/C14H21BrO3/c1-14(2,3)18-8-7-17-10-11-9-12(15)5-6-13(11)16-4/h5-6,9H,7-8,10H2,1-4H3. The van der Waals surface area contributed by atoms with Crippen LogP contribution in [0.15, 0.2) is 22.7 Å². The van der Waals surface area contributed by atoms with Crippen molar-refractivity contribution in [1.29, 1.82) is 0 Å². The van der Waals surface area contributed by atoms with E-state index < -0.39 is 0 Å². The van der Waals surface area contributed by atoms with Crippen molar-refractivity contribution in [3.05, 3.63) is 28.2 Å². The Bertz CT molecular complexity index is 372. The molecule has 0 spiro atoms. The zero-order chi connectivity index (χ0) is 13.6. The average molecular weight is 317 g/mol. The van der Waals surface area contributed by atoms with Crippen LogP contribution in [0.25, 0.3) is 0 Å². The van der Waals surface area contributed by atoms with Gasteiger partial charge in [-0.3, -0.25) is 0 Å². The molecular formula is C14H21BrO3. The number of hydrogen-bond acceptors (Lipinski definition) is 3. The van der Waals surface area contributed by atoms with E-state index in [9.17, 15) is 0 Å². The summed E-state index contributed by atoms with van der Waals surface area (Å²) in [5, 5.41) is 0. The molecule has 102 valence electrons. The second-order valence-corrected chi connectivity index (χ2v) is 5.89. The Morgan fingerprint density at radius 2 is 1.89 bits per heavy atom. The molecule has 0 amide bonds. The first kappa shape index (κ1) is 15.5. The minimum absolute atomic E-state index is 0.114. The molecule has 0 bridgehead atoms. The summed E-state index contributed by atoms with van der Waals surface area (Å²) in [5.74, 6) is 0.843. The summed E-state index contributed by atoms with van der Waals surface area (Å²) in [5.41, 5.74) is 0.916. The Kier molecular flexibility index (Phi) is 6.12. The first-order valence-corrected chi connectivity index (χ1v) is 6.76. The SMILES string of the molecule is COc1ccc(Br)cc1COCCOC(C)(C)C. The van der Waals surface area contributed by atoms with E-state index >= 15 is 0 Å². The molecule has 1 aromatic carbocycles. The number of hydrogen-bond donors (Lipinski definition) is 0. The summed E-state index contributed by atoms with van der Waals surface area (Å²) in [4.78, 5) is 0. The van der Waals surface area contributed by atoms with E-state index in [-0.39, 0.29) is 5.60 Å². The van der Waals surface area contributed by atoms with Crippen molar-refractivity contribution in [2.24, 2.45) is 0 Å². The quantitative estimate of drug-likeness (QED) is 0.747. The maximum absolute atomic E-state index is 5.59. The normalized spacial score (nSPS) is 11.6. The van der Waals surface area contributed by atoms with Gasteiger partial charge in [-0.1, -0.05) is 15.9 Å². The molecule has 18 heavy (non-hydrogen) atoms.